The van der Waals surface area contributed by atoms with Crippen LogP contribution in [0.1, 0.15) is 18.3 Å². The van der Waals surface area contributed by atoms with Crippen LogP contribution in [0, 0.1) is 6.92 Å². The maximum Gasteiger partial charge on any atom is 0.271 e. The number of hydrogen-bond donors (Lipinski definition) is 2. The molecule has 15 heavy (non-hydrogen) atoms. The highest BCUT2D eigenvalue weighted by Crippen LogP contribution is 2.17. The number of nitrogens with one attached hydrogen (secondary N) is 1. The fourth-order valence-electron chi connectivity index (χ4n) is 1.17. The number of nitrogens with two attached hydrogens (primary N) is 1. The Labute approximate surface area is 88.6 Å². The van der Waals surface area contributed by atoms with Gasteiger partial charge in [0.2, 0.25) is 0 Å². The van der Waals surface area contributed by atoms with Crippen LogP contribution in [0.15, 0.2) is 12.1 Å². The van der Waals surface area contributed by atoms with Gasteiger partial charge in [0.25, 0.3) is 5.91 Å². The largest absolute Gasteiger partial charge is 0.482 e. The first kappa shape index (κ1) is 11.5. The molecule has 3 N–H and O–H groups in total. The molecule has 5 heteroatoms. The molecule has 0 unspecified atom stereocenters. The molecule has 1 amide bonds. The van der Waals surface area contributed by atoms with Gasteiger partial charge in [-0.25, -0.2) is 5.84 Å². The maximum absolute atomic E-state index is 10.9. The van der Waals surface area contributed by atoms with Gasteiger partial charge in [0.05, 0.1) is 5.69 Å². The molecule has 0 radical (unpaired) electrons. The molecule has 0 aliphatic rings. The van der Waals surface area contributed by atoms with Crippen LogP contribution in [-0.2, 0) is 11.2 Å². The van der Waals surface area contributed by atoms with E-state index in [0.717, 1.165) is 17.8 Å². The number of rotatable bonds is 4. The van der Waals surface area contributed by atoms with Gasteiger partial charge in [-0.15, -0.1) is 0 Å². The van der Waals surface area contributed by atoms with Crippen molar-refractivity contribution in [2.45, 2.75) is 20.3 Å². The summed E-state index contributed by atoms with van der Waals surface area (Å²) in [5.41, 5.74) is 3.78. The summed E-state index contributed by atoms with van der Waals surface area (Å²) in [6, 6.07) is 3.65. The molecule has 0 bridgehead atoms. The van der Waals surface area contributed by atoms with Gasteiger partial charge < -0.3 is 4.74 Å². The molecule has 1 heterocycles. The number of aromatic nitrogens is 1. The molecule has 0 aromatic carbocycles. The normalized spacial score (nSPS) is 9.80. The van der Waals surface area contributed by atoms with E-state index in [2.05, 4.69) is 4.98 Å². The SMILES string of the molecule is CCc1nc(C)ccc1OCC(=O)NN. The van der Waals surface area contributed by atoms with E-state index in [9.17, 15) is 4.79 Å². The predicted molar refractivity (Wildman–Crippen MR) is 56.2 cm³/mol. The molecule has 1 aromatic heterocycles. The molecule has 0 atom stereocenters. The fourth-order valence-corrected chi connectivity index (χ4v) is 1.17. The number of amides is 1. The lowest BCUT2D eigenvalue weighted by Gasteiger charge is -2.09. The lowest BCUT2D eigenvalue weighted by atomic mass is 10.2. The van der Waals surface area contributed by atoms with Gasteiger partial charge in [-0.2, -0.15) is 0 Å². The monoisotopic (exact) mass is 209 g/mol. The van der Waals surface area contributed by atoms with Gasteiger partial charge in [-0.05, 0) is 25.5 Å². The number of ether oxygens (including phenoxy) is 1. The Morgan fingerprint density at radius 2 is 2.33 bits per heavy atom. The van der Waals surface area contributed by atoms with E-state index in [1.165, 1.54) is 0 Å². The van der Waals surface area contributed by atoms with Crippen molar-refractivity contribution < 1.29 is 9.53 Å². The average molecular weight is 209 g/mol. The van der Waals surface area contributed by atoms with Gasteiger partial charge in [0, 0.05) is 5.69 Å². The minimum absolute atomic E-state index is 0.0890. The third-order valence-corrected chi connectivity index (χ3v) is 1.93. The Morgan fingerprint density at radius 1 is 1.60 bits per heavy atom. The maximum atomic E-state index is 10.9. The molecule has 5 nitrogen and oxygen atoms in total. The molecule has 0 aliphatic carbocycles. The average Bonchev–Trinajstić information content (AvgIpc) is 2.26. The molecule has 0 fully saturated rings. The van der Waals surface area contributed by atoms with Crippen LogP contribution in [0.2, 0.25) is 0 Å². The molecule has 0 aliphatic heterocycles. The zero-order valence-corrected chi connectivity index (χ0v) is 8.91. The fraction of sp³-hybridized carbons (Fsp3) is 0.400. The van der Waals surface area contributed by atoms with Gasteiger partial charge in [0.1, 0.15) is 5.75 Å². The van der Waals surface area contributed by atoms with Crippen LogP contribution >= 0.6 is 0 Å². The van der Waals surface area contributed by atoms with E-state index in [1.807, 2.05) is 31.4 Å². The molecule has 82 valence electrons. The van der Waals surface area contributed by atoms with Crippen LogP contribution in [0.4, 0.5) is 0 Å². The number of carbonyl (C=O) groups is 1. The van der Waals surface area contributed by atoms with Crippen molar-refractivity contribution >= 4 is 5.91 Å². The van der Waals surface area contributed by atoms with Gasteiger partial charge in [-0.3, -0.25) is 15.2 Å². The van der Waals surface area contributed by atoms with Gasteiger partial charge in [0.15, 0.2) is 6.61 Å². The Hall–Kier alpha value is -1.62. The lowest BCUT2D eigenvalue weighted by Crippen LogP contribution is -2.34. The summed E-state index contributed by atoms with van der Waals surface area (Å²) in [7, 11) is 0. The summed E-state index contributed by atoms with van der Waals surface area (Å²) < 4.78 is 5.28. The Kier molecular flexibility index (Phi) is 4.05. The van der Waals surface area contributed by atoms with Crippen LogP contribution in [0.3, 0.4) is 0 Å². The minimum atomic E-state index is -0.363. The highest BCUT2D eigenvalue weighted by atomic mass is 16.5. The third kappa shape index (κ3) is 3.21. The number of aryl methyl sites for hydroxylation is 2. The quantitative estimate of drug-likeness (QED) is 0.425. The van der Waals surface area contributed by atoms with E-state index in [1.54, 1.807) is 0 Å². The number of hydrogen-bond acceptors (Lipinski definition) is 4. The highest BCUT2D eigenvalue weighted by Gasteiger charge is 2.06. The summed E-state index contributed by atoms with van der Waals surface area (Å²) >= 11 is 0. The first-order valence-corrected chi connectivity index (χ1v) is 4.76. The third-order valence-electron chi connectivity index (χ3n) is 1.93. The first-order valence-electron chi connectivity index (χ1n) is 4.76. The number of pyridine rings is 1. The Morgan fingerprint density at radius 3 is 2.93 bits per heavy atom. The van der Waals surface area contributed by atoms with Crippen molar-refractivity contribution in [3.63, 3.8) is 0 Å². The molecule has 0 saturated carbocycles. The second-order valence-electron chi connectivity index (χ2n) is 3.11. The number of nitrogens with zero attached hydrogens (tertiary/aromatic N) is 1. The zero-order valence-electron chi connectivity index (χ0n) is 8.91. The Balaban J connectivity index is 2.72. The van der Waals surface area contributed by atoms with E-state index < -0.39 is 0 Å². The van der Waals surface area contributed by atoms with Crippen molar-refractivity contribution in [2.24, 2.45) is 5.84 Å². The van der Waals surface area contributed by atoms with Crippen molar-refractivity contribution in [2.75, 3.05) is 6.61 Å². The van der Waals surface area contributed by atoms with Gasteiger partial charge in [-0.1, -0.05) is 6.92 Å². The summed E-state index contributed by atoms with van der Waals surface area (Å²) in [6.07, 6.45) is 0.765. The zero-order chi connectivity index (χ0) is 11.3. The Bertz CT molecular complexity index is 353. The molecule has 1 aromatic rings. The summed E-state index contributed by atoms with van der Waals surface area (Å²) in [5.74, 6) is 5.20. The number of carbonyl (C=O) groups excluding carboxylic acids is 1. The van der Waals surface area contributed by atoms with Crippen molar-refractivity contribution in [3.8, 4) is 5.75 Å². The van der Waals surface area contributed by atoms with Crippen LogP contribution < -0.4 is 16.0 Å². The molecule has 0 saturated heterocycles. The second kappa shape index (κ2) is 5.31. The van der Waals surface area contributed by atoms with Crippen molar-refractivity contribution in [1.82, 2.24) is 10.4 Å². The van der Waals surface area contributed by atoms with E-state index >= 15 is 0 Å². The van der Waals surface area contributed by atoms with Crippen molar-refractivity contribution in [3.05, 3.63) is 23.5 Å². The summed E-state index contributed by atoms with van der Waals surface area (Å²) in [6.45, 7) is 3.81. The number of hydrazine groups is 1. The van der Waals surface area contributed by atoms with E-state index in [-0.39, 0.29) is 12.5 Å². The van der Waals surface area contributed by atoms with Crippen LogP contribution in [0.25, 0.3) is 0 Å². The molecule has 0 spiro atoms. The molecular formula is C10H15N3O2. The van der Waals surface area contributed by atoms with Crippen molar-refractivity contribution in [1.29, 1.82) is 0 Å². The topological polar surface area (TPSA) is 77.2 Å². The molecule has 1 rings (SSSR count). The van der Waals surface area contributed by atoms with Gasteiger partial charge >= 0.3 is 0 Å². The first-order chi connectivity index (χ1) is 7.17. The van der Waals surface area contributed by atoms with Crippen LogP contribution in [-0.4, -0.2) is 17.5 Å². The predicted octanol–water partition coefficient (Wildman–Crippen LogP) is 0.321. The molecular weight excluding hydrogens is 194 g/mol. The minimum Gasteiger partial charge on any atom is -0.482 e. The van der Waals surface area contributed by atoms with E-state index in [4.69, 9.17) is 10.6 Å². The smallest absolute Gasteiger partial charge is 0.271 e. The summed E-state index contributed by atoms with van der Waals surface area (Å²) in [4.78, 5) is 15.2. The van der Waals surface area contributed by atoms with Crippen LogP contribution in [0.5, 0.6) is 5.75 Å². The lowest BCUT2D eigenvalue weighted by molar-refractivity contribution is -0.123. The van der Waals surface area contributed by atoms with E-state index in [0.29, 0.717) is 5.75 Å². The summed E-state index contributed by atoms with van der Waals surface area (Å²) in [5, 5.41) is 0. The highest BCUT2D eigenvalue weighted by molar-refractivity contribution is 5.76. The standard InChI is InChI=1S/C10H15N3O2/c1-3-8-9(5-4-7(2)12-8)15-6-10(14)13-11/h4-5H,3,6,11H2,1-2H3,(H,13,14). The second-order valence-corrected chi connectivity index (χ2v) is 3.11.